The fraction of sp³-hybridized carbons (Fsp3) is 0.458. The van der Waals surface area contributed by atoms with Gasteiger partial charge in [0.05, 0.1) is 19.1 Å². The van der Waals surface area contributed by atoms with Gasteiger partial charge in [0.15, 0.2) is 11.5 Å². The third-order valence-electron chi connectivity index (χ3n) is 5.25. The van der Waals surface area contributed by atoms with Crippen LogP contribution in [0.15, 0.2) is 42.6 Å². The van der Waals surface area contributed by atoms with Crippen LogP contribution in [0.1, 0.15) is 38.2 Å². The Hall–Kier alpha value is -3.09. The first-order valence-corrected chi connectivity index (χ1v) is 10.9. The van der Waals surface area contributed by atoms with Crippen molar-refractivity contribution in [3.05, 3.63) is 48.2 Å². The van der Waals surface area contributed by atoms with Crippen molar-refractivity contribution in [3.63, 3.8) is 0 Å². The van der Waals surface area contributed by atoms with Gasteiger partial charge in [0.2, 0.25) is 11.8 Å². The predicted octanol–water partition coefficient (Wildman–Crippen LogP) is 3.83. The van der Waals surface area contributed by atoms with Gasteiger partial charge < -0.3 is 19.7 Å². The number of carbonyl (C=O) groups is 2. The van der Waals surface area contributed by atoms with Crippen molar-refractivity contribution in [2.75, 3.05) is 31.6 Å². The fourth-order valence-corrected chi connectivity index (χ4v) is 3.60. The first-order valence-electron chi connectivity index (χ1n) is 10.9. The molecule has 1 aromatic heterocycles. The summed E-state index contributed by atoms with van der Waals surface area (Å²) in [6.07, 6.45) is 4.33. The zero-order valence-corrected chi connectivity index (χ0v) is 18.3. The van der Waals surface area contributed by atoms with Crippen LogP contribution in [0.3, 0.4) is 0 Å². The van der Waals surface area contributed by atoms with E-state index in [1.54, 1.807) is 17.2 Å². The van der Waals surface area contributed by atoms with E-state index in [4.69, 9.17) is 9.47 Å². The number of nitrogens with one attached hydrogen (secondary N) is 1. The molecule has 2 aromatic rings. The molecular formula is C24H31N3O4. The lowest BCUT2D eigenvalue weighted by atomic mass is 9.96. The Kier molecular flexibility index (Phi) is 8.27. The van der Waals surface area contributed by atoms with Gasteiger partial charge in [-0.15, -0.1) is 0 Å². The number of aromatic nitrogens is 1. The predicted molar refractivity (Wildman–Crippen MR) is 119 cm³/mol. The molecule has 7 heteroatoms. The van der Waals surface area contributed by atoms with E-state index in [1.807, 2.05) is 44.2 Å². The smallest absolute Gasteiger partial charge is 0.230 e. The van der Waals surface area contributed by atoms with E-state index in [0.717, 1.165) is 18.4 Å². The third-order valence-corrected chi connectivity index (χ3v) is 5.25. The van der Waals surface area contributed by atoms with E-state index < -0.39 is 0 Å². The number of hydrogen-bond donors (Lipinski definition) is 1. The van der Waals surface area contributed by atoms with Crippen LogP contribution in [0.25, 0.3) is 0 Å². The molecule has 1 saturated heterocycles. The summed E-state index contributed by atoms with van der Waals surface area (Å²) < 4.78 is 11.3. The molecule has 1 fully saturated rings. The second-order valence-corrected chi connectivity index (χ2v) is 7.72. The summed E-state index contributed by atoms with van der Waals surface area (Å²) in [6.45, 7) is 6.03. The Morgan fingerprint density at radius 2 is 1.94 bits per heavy atom. The lowest BCUT2D eigenvalue weighted by Gasteiger charge is -2.32. The molecule has 0 radical (unpaired) electrons. The lowest BCUT2D eigenvalue weighted by Crippen LogP contribution is -2.43. The molecule has 7 nitrogen and oxygen atoms in total. The van der Waals surface area contributed by atoms with Crippen molar-refractivity contribution in [3.8, 4) is 11.5 Å². The highest BCUT2D eigenvalue weighted by Crippen LogP contribution is 2.26. The first kappa shape index (κ1) is 22.6. The van der Waals surface area contributed by atoms with E-state index in [2.05, 4.69) is 10.3 Å². The number of benzene rings is 1. The van der Waals surface area contributed by atoms with E-state index in [0.29, 0.717) is 56.5 Å². The summed E-state index contributed by atoms with van der Waals surface area (Å²) in [4.78, 5) is 31.3. The average Bonchev–Trinajstić information content (AvgIpc) is 2.79. The second kappa shape index (κ2) is 11.3. The van der Waals surface area contributed by atoms with Gasteiger partial charge in [-0.25, -0.2) is 4.98 Å². The number of carbonyl (C=O) groups excluding carboxylic acids is 2. The number of likely N-dealkylation sites (tertiary alicyclic amines) is 1. The SMILES string of the molecule is CCOc1ccccc1OCCCC(=O)N1CCCC(C(=O)Nc2ccc(C)cn2)C1. The molecule has 0 aliphatic carbocycles. The van der Waals surface area contributed by atoms with Gasteiger partial charge in [-0.2, -0.15) is 0 Å². The van der Waals surface area contributed by atoms with Gasteiger partial charge in [-0.05, 0) is 56.9 Å². The monoisotopic (exact) mass is 425 g/mol. The number of anilines is 1. The van der Waals surface area contributed by atoms with Crippen molar-refractivity contribution in [1.29, 1.82) is 0 Å². The minimum absolute atomic E-state index is 0.0626. The fourth-order valence-electron chi connectivity index (χ4n) is 3.60. The number of para-hydroxylation sites is 2. The summed E-state index contributed by atoms with van der Waals surface area (Å²) in [7, 11) is 0. The van der Waals surface area contributed by atoms with Crippen molar-refractivity contribution < 1.29 is 19.1 Å². The van der Waals surface area contributed by atoms with Crippen LogP contribution in [0.5, 0.6) is 11.5 Å². The Bertz CT molecular complexity index is 869. The number of aryl methyl sites for hydroxylation is 1. The minimum atomic E-state index is -0.213. The Morgan fingerprint density at radius 1 is 1.16 bits per heavy atom. The molecule has 31 heavy (non-hydrogen) atoms. The minimum Gasteiger partial charge on any atom is -0.490 e. The Labute approximate surface area is 183 Å². The highest BCUT2D eigenvalue weighted by Gasteiger charge is 2.28. The molecule has 3 rings (SSSR count). The number of rotatable bonds is 9. The number of nitrogens with zero attached hydrogens (tertiary/aromatic N) is 2. The maximum atomic E-state index is 12.6. The normalized spacial score (nSPS) is 15.9. The van der Waals surface area contributed by atoms with Crippen LogP contribution in [0, 0.1) is 12.8 Å². The van der Waals surface area contributed by atoms with Crippen LogP contribution >= 0.6 is 0 Å². The topological polar surface area (TPSA) is 80.8 Å². The Balaban J connectivity index is 1.43. The second-order valence-electron chi connectivity index (χ2n) is 7.72. The van der Waals surface area contributed by atoms with Gasteiger partial charge in [0, 0.05) is 25.7 Å². The van der Waals surface area contributed by atoms with Crippen LogP contribution in [-0.4, -0.2) is 48.0 Å². The zero-order chi connectivity index (χ0) is 22.1. The quantitative estimate of drug-likeness (QED) is 0.618. The summed E-state index contributed by atoms with van der Waals surface area (Å²) in [5.41, 5.74) is 1.04. The molecule has 2 amide bonds. The van der Waals surface area contributed by atoms with Gasteiger partial charge in [-0.3, -0.25) is 9.59 Å². The summed E-state index contributed by atoms with van der Waals surface area (Å²) >= 11 is 0. The zero-order valence-electron chi connectivity index (χ0n) is 18.3. The van der Waals surface area contributed by atoms with Crippen molar-refractivity contribution in [1.82, 2.24) is 9.88 Å². The summed E-state index contributed by atoms with van der Waals surface area (Å²) in [5.74, 6) is 1.72. The molecule has 1 aliphatic rings. The summed E-state index contributed by atoms with van der Waals surface area (Å²) in [5, 5.41) is 2.86. The average molecular weight is 426 g/mol. The van der Waals surface area contributed by atoms with E-state index >= 15 is 0 Å². The molecule has 1 aliphatic heterocycles. The maximum Gasteiger partial charge on any atom is 0.230 e. The highest BCUT2D eigenvalue weighted by atomic mass is 16.5. The molecule has 2 heterocycles. The van der Waals surface area contributed by atoms with Crippen LogP contribution in [0.4, 0.5) is 5.82 Å². The molecular weight excluding hydrogens is 394 g/mol. The molecule has 1 aromatic carbocycles. The number of hydrogen-bond acceptors (Lipinski definition) is 5. The molecule has 0 spiro atoms. The van der Waals surface area contributed by atoms with Gasteiger partial charge in [0.25, 0.3) is 0 Å². The highest BCUT2D eigenvalue weighted by molar-refractivity contribution is 5.92. The van der Waals surface area contributed by atoms with Crippen LogP contribution < -0.4 is 14.8 Å². The van der Waals surface area contributed by atoms with E-state index in [9.17, 15) is 9.59 Å². The third kappa shape index (κ3) is 6.70. The van der Waals surface area contributed by atoms with Gasteiger partial charge >= 0.3 is 0 Å². The molecule has 1 unspecified atom stereocenters. The maximum absolute atomic E-state index is 12.6. The van der Waals surface area contributed by atoms with Crippen molar-refractivity contribution in [2.24, 2.45) is 5.92 Å². The van der Waals surface area contributed by atoms with Crippen LogP contribution in [-0.2, 0) is 9.59 Å². The Morgan fingerprint density at radius 3 is 2.65 bits per heavy atom. The number of amides is 2. The lowest BCUT2D eigenvalue weighted by molar-refractivity contribution is -0.134. The standard InChI is InChI=1S/C24H31N3O4/c1-3-30-20-9-4-5-10-21(20)31-15-7-11-23(28)27-14-6-8-19(17-27)24(29)26-22-13-12-18(2)16-25-22/h4-5,9-10,12-13,16,19H,3,6-8,11,14-15,17H2,1-2H3,(H,25,26,29). The van der Waals surface area contributed by atoms with E-state index in [1.165, 1.54) is 0 Å². The molecule has 1 N–H and O–H groups in total. The number of ether oxygens (including phenoxy) is 2. The van der Waals surface area contributed by atoms with Gasteiger partial charge in [-0.1, -0.05) is 18.2 Å². The molecule has 0 bridgehead atoms. The number of pyridine rings is 1. The molecule has 1 atom stereocenters. The molecule has 0 saturated carbocycles. The van der Waals surface area contributed by atoms with Crippen LogP contribution in [0.2, 0.25) is 0 Å². The number of piperidine rings is 1. The van der Waals surface area contributed by atoms with Crippen molar-refractivity contribution in [2.45, 2.75) is 39.5 Å². The van der Waals surface area contributed by atoms with E-state index in [-0.39, 0.29) is 17.7 Å². The summed E-state index contributed by atoms with van der Waals surface area (Å²) in [6, 6.07) is 11.2. The largest absolute Gasteiger partial charge is 0.490 e. The molecule has 166 valence electrons. The first-order chi connectivity index (χ1) is 15.1. The van der Waals surface area contributed by atoms with Crippen molar-refractivity contribution >= 4 is 17.6 Å². The van der Waals surface area contributed by atoms with Gasteiger partial charge in [0.1, 0.15) is 5.82 Å².